The van der Waals surface area contributed by atoms with Crippen molar-refractivity contribution in [2.75, 3.05) is 32.1 Å². The summed E-state index contributed by atoms with van der Waals surface area (Å²) in [5.41, 5.74) is 0.955. The van der Waals surface area contributed by atoms with Gasteiger partial charge in [-0.05, 0) is 37.3 Å². The molecule has 3 heterocycles. The molecule has 0 aromatic carbocycles. The average molecular weight is 341 g/mol. The van der Waals surface area contributed by atoms with Gasteiger partial charge >= 0.3 is 0 Å². The first-order valence-electron chi connectivity index (χ1n) is 8.54. The van der Waals surface area contributed by atoms with Crippen molar-refractivity contribution in [3.05, 3.63) is 42.6 Å². The molecule has 0 saturated carbocycles. The van der Waals surface area contributed by atoms with Crippen LogP contribution in [0.5, 0.6) is 5.75 Å². The second-order valence-electron chi connectivity index (χ2n) is 6.13. The van der Waals surface area contributed by atoms with E-state index in [1.807, 2.05) is 11.9 Å². The molecule has 2 aromatic heterocycles. The van der Waals surface area contributed by atoms with E-state index in [9.17, 15) is 4.79 Å². The van der Waals surface area contributed by atoms with Gasteiger partial charge in [-0.1, -0.05) is 0 Å². The molecular weight excluding hydrogens is 318 g/mol. The van der Waals surface area contributed by atoms with Crippen LogP contribution in [0.15, 0.2) is 36.9 Å². The van der Waals surface area contributed by atoms with E-state index in [0.717, 1.165) is 43.9 Å². The van der Waals surface area contributed by atoms with Crippen LogP contribution in [0, 0.1) is 5.92 Å². The van der Waals surface area contributed by atoms with E-state index in [0.29, 0.717) is 11.7 Å². The van der Waals surface area contributed by atoms with Gasteiger partial charge in [0.1, 0.15) is 11.6 Å². The summed E-state index contributed by atoms with van der Waals surface area (Å²) in [6, 6.07) is 3.59. The zero-order valence-electron chi connectivity index (χ0n) is 14.4. The van der Waals surface area contributed by atoms with Gasteiger partial charge in [-0.2, -0.15) is 0 Å². The normalized spacial score (nSPS) is 17.2. The van der Waals surface area contributed by atoms with Crippen molar-refractivity contribution < 1.29 is 9.53 Å². The van der Waals surface area contributed by atoms with E-state index in [1.165, 1.54) is 0 Å². The summed E-state index contributed by atoms with van der Waals surface area (Å²) in [4.78, 5) is 27.0. The smallest absolute Gasteiger partial charge is 0.260 e. The highest BCUT2D eigenvalue weighted by Gasteiger charge is 2.25. The average Bonchev–Trinajstić information content (AvgIpc) is 2.67. The number of carbonyl (C=O) groups excluding carboxylic acids is 1. The highest BCUT2D eigenvalue weighted by atomic mass is 16.5. The molecular formula is C18H23N5O2. The van der Waals surface area contributed by atoms with Crippen molar-refractivity contribution in [3.63, 3.8) is 0 Å². The molecule has 1 saturated heterocycles. The molecule has 1 amide bonds. The number of hydrogen-bond donors (Lipinski definition) is 1. The zero-order valence-corrected chi connectivity index (χ0v) is 14.4. The lowest BCUT2D eigenvalue weighted by Gasteiger charge is -2.32. The van der Waals surface area contributed by atoms with Crippen LogP contribution in [0.25, 0.3) is 0 Å². The van der Waals surface area contributed by atoms with Gasteiger partial charge in [0.05, 0.1) is 11.9 Å². The molecule has 1 atom stereocenters. The van der Waals surface area contributed by atoms with E-state index < -0.39 is 0 Å². The minimum Gasteiger partial charge on any atom is -0.482 e. The Hall–Kier alpha value is -2.70. The molecule has 7 nitrogen and oxygen atoms in total. The number of aromatic nitrogens is 3. The molecule has 25 heavy (non-hydrogen) atoms. The molecule has 0 spiro atoms. The largest absolute Gasteiger partial charge is 0.482 e. The lowest BCUT2D eigenvalue weighted by molar-refractivity contribution is -0.135. The number of anilines is 1. The predicted molar refractivity (Wildman–Crippen MR) is 94.3 cm³/mol. The number of nitrogens with one attached hydrogen (secondary N) is 1. The van der Waals surface area contributed by atoms with Crippen molar-refractivity contribution in [3.8, 4) is 5.75 Å². The standard InChI is InChI=1S/C18H23N5O2/c1-19-18-16(21-7-8-22-18)10-14-4-3-9-23(12-14)17(24)13-25-15-5-2-6-20-11-15/h2,5-8,11,14H,3-4,9-10,12-13H2,1H3,(H,19,22). The fraction of sp³-hybridized carbons (Fsp3) is 0.444. The van der Waals surface area contributed by atoms with E-state index in [4.69, 9.17) is 4.74 Å². The van der Waals surface area contributed by atoms with Gasteiger partial charge in [-0.15, -0.1) is 0 Å². The topological polar surface area (TPSA) is 80.2 Å². The fourth-order valence-corrected chi connectivity index (χ4v) is 3.13. The Balaban J connectivity index is 1.54. The minimum absolute atomic E-state index is 0.0153. The van der Waals surface area contributed by atoms with Crippen LogP contribution in [0.2, 0.25) is 0 Å². The van der Waals surface area contributed by atoms with Gasteiger partial charge in [0, 0.05) is 38.7 Å². The van der Waals surface area contributed by atoms with Crippen molar-refractivity contribution in [1.82, 2.24) is 19.9 Å². The molecule has 1 fully saturated rings. The summed E-state index contributed by atoms with van der Waals surface area (Å²) >= 11 is 0. The maximum atomic E-state index is 12.4. The number of pyridine rings is 1. The summed E-state index contributed by atoms with van der Waals surface area (Å²) in [6.45, 7) is 1.56. The molecule has 1 unspecified atom stereocenters. The summed E-state index contributed by atoms with van der Waals surface area (Å²) in [5.74, 6) is 1.83. The number of carbonyl (C=O) groups is 1. The van der Waals surface area contributed by atoms with Gasteiger partial charge in [-0.25, -0.2) is 4.98 Å². The van der Waals surface area contributed by atoms with Gasteiger partial charge < -0.3 is 15.0 Å². The van der Waals surface area contributed by atoms with Gasteiger partial charge in [-0.3, -0.25) is 14.8 Å². The summed E-state index contributed by atoms with van der Waals surface area (Å²) in [5, 5.41) is 3.08. The fourth-order valence-electron chi connectivity index (χ4n) is 3.13. The van der Waals surface area contributed by atoms with Crippen LogP contribution in [-0.4, -0.2) is 52.5 Å². The van der Waals surface area contributed by atoms with Gasteiger partial charge in [0.25, 0.3) is 5.91 Å². The molecule has 0 radical (unpaired) electrons. The second kappa shape index (κ2) is 8.41. The number of piperidine rings is 1. The van der Waals surface area contributed by atoms with Crippen LogP contribution in [0.1, 0.15) is 18.5 Å². The zero-order chi connectivity index (χ0) is 17.5. The molecule has 2 aromatic rings. The van der Waals surface area contributed by atoms with Crippen LogP contribution < -0.4 is 10.1 Å². The Bertz CT molecular complexity index is 695. The quantitative estimate of drug-likeness (QED) is 0.862. The highest BCUT2D eigenvalue weighted by molar-refractivity contribution is 5.77. The Morgan fingerprint density at radius 3 is 3.04 bits per heavy atom. The summed E-state index contributed by atoms with van der Waals surface area (Å²) in [7, 11) is 1.85. The molecule has 0 bridgehead atoms. The van der Waals surface area contributed by atoms with Crippen molar-refractivity contribution >= 4 is 11.7 Å². The van der Waals surface area contributed by atoms with Crippen LogP contribution in [0.3, 0.4) is 0 Å². The monoisotopic (exact) mass is 341 g/mol. The van der Waals surface area contributed by atoms with E-state index >= 15 is 0 Å². The Morgan fingerprint density at radius 1 is 1.36 bits per heavy atom. The number of rotatable bonds is 6. The van der Waals surface area contributed by atoms with Gasteiger partial charge in [0.15, 0.2) is 6.61 Å². The minimum atomic E-state index is 0.0153. The molecule has 0 aliphatic carbocycles. The van der Waals surface area contributed by atoms with Crippen LogP contribution >= 0.6 is 0 Å². The van der Waals surface area contributed by atoms with Crippen LogP contribution in [-0.2, 0) is 11.2 Å². The van der Waals surface area contributed by atoms with E-state index in [2.05, 4.69) is 20.3 Å². The lowest BCUT2D eigenvalue weighted by Crippen LogP contribution is -2.42. The second-order valence-corrected chi connectivity index (χ2v) is 6.13. The highest BCUT2D eigenvalue weighted by Crippen LogP contribution is 2.22. The third kappa shape index (κ3) is 4.65. The predicted octanol–water partition coefficient (Wildman–Crippen LogP) is 1.77. The first kappa shape index (κ1) is 17.1. The molecule has 7 heteroatoms. The summed E-state index contributed by atoms with van der Waals surface area (Å²) in [6.07, 6.45) is 9.59. The first-order chi connectivity index (χ1) is 12.3. The van der Waals surface area contributed by atoms with E-state index in [-0.39, 0.29) is 12.5 Å². The molecule has 1 aliphatic heterocycles. The number of ether oxygens (including phenoxy) is 1. The summed E-state index contributed by atoms with van der Waals surface area (Å²) < 4.78 is 5.52. The Morgan fingerprint density at radius 2 is 2.24 bits per heavy atom. The maximum absolute atomic E-state index is 12.4. The Labute approximate surface area is 147 Å². The molecule has 132 valence electrons. The van der Waals surface area contributed by atoms with Crippen molar-refractivity contribution in [2.24, 2.45) is 5.92 Å². The Kier molecular flexibility index (Phi) is 5.77. The first-order valence-corrected chi connectivity index (χ1v) is 8.54. The lowest BCUT2D eigenvalue weighted by atomic mass is 9.93. The van der Waals surface area contributed by atoms with Crippen molar-refractivity contribution in [1.29, 1.82) is 0 Å². The number of nitrogens with zero attached hydrogens (tertiary/aromatic N) is 4. The van der Waals surface area contributed by atoms with Crippen molar-refractivity contribution in [2.45, 2.75) is 19.3 Å². The molecule has 1 aliphatic rings. The number of likely N-dealkylation sites (tertiary alicyclic amines) is 1. The van der Waals surface area contributed by atoms with E-state index in [1.54, 1.807) is 36.9 Å². The third-order valence-electron chi connectivity index (χ3n) is 4.36. The van der Waals surface area contributed by atoms with Crippen LogP contribution in [0.4, 0.5) is 5.82 Å². The molecule has 1 N–H and O–H groups in total. The number of amides is 1. The number of hydrogen-bond acceptors (Lipinski definition) is 6. The molecule has 3 rings (SSSR count). The maximum Gasteiger partial charge on any atom is 0.260 e. The van der Waals surface area contributed by atoms with Gasteiger partial charge in [0.2, 0.25) is 0 Å². The SMILES string of the molecule is CNc1nccnc1CC1CCCN(C(=O)COc2cccnc2)C1. The third-order valence-corrected chi connectivity index (χ3v) is 4.36.